The Labute approximate surface area is 92.5 Å². The summed E-state index contributed by atoms with van der Waals surface area (Å²) in [6.07, 6.45) is -4.98. The summed E-state index contributed by atoms with van der Waals surface area (Å²) < 4.78 is 28.5. The molecule has 1 aliphatic rings. The highest BCUT2D eigenvalue weighted by atomic mass is 32.2. The zero-order valence-corrected chi connectivity index (χ0v) is 9.33. The Morgan fingerprint density at radius 3 is 2.25 bits per heavy atom. The third-order valence-electron chi connectivity index (χ3n) is 2.25. The largest absolute Gasteiger partial charge is 0.394 e. The summed E-state index contributed by atoms with van der Waals surface area (Å²) in [7, 11) is -3.66. The number of sulfonamides is 1. The molecule has 8 nitrogen and oxygen atoms in total. The average Bonchev–Trinajstić information content (AvgIpc) is 2.17. The van der Waals surface area contributed by atoms with Gasteiger partial charge in [-0.3, -0.25) is 0 Å². The van der Waals surface area contributed by atoms with E-state index in [0.717, 1.165) is 6.26 Å². The van der Waals surface area contributed by atoms with Crippen LogP contribution in [0, 0.1) is 0 Å². The Hall–Kier alpha value is -0.290. The van der Waals surface area contributed by atoms with Crippen LogP contribution in [-0.4, -0.2) is 72.4 Å². The lowest BCUT2D eigenvalue weighted by Crippen LogP contribution is -2.63. The van der Waals surface area contributed by atoms with Crippen LogP contribution in [0.4, 0.5) is 0 Å². The highest BCUT2D eigenvalue weighted by Crippen LogP contribution is 2.19. The zero-order chi connectivity index (χ0) is 12.5. The molecule has 0 spiro atoms. The molecule has 1 aliphatic heterocycles. The molecule has 0 bridgehead atoms. The van der Waals surface area contributed by atoms with Gasteiger partial charge in [-0.2, -0.15) is 0 Å². The number of aliphatic hydroxyl groups is 4. The van der Waals surface area contributed by atoms with Crippen LogP contribution in [0.5, 0.6) is 0 Å². The highest BCUT2D eigenvalue weighted by Gasteiger charge is 2.44. The quantitative estimate of drug-likeness (QED) is 0.351. The minimum Gasteiger partial charge on any atom is -0.394 e. The summed E-state index contributed by atoms with van der Waals surface area (Å²) in [4.78, 5) is 0. The van der Waals surface area contributed by atoms with Crippen molar-refractivity contribution < 1.29 is 33.6 Å². The summed E-state index contributed by atoms with van der Waals surface area (Å²) in [6.45, 7) is -0.596. The molecule has 0 aromatic rings. The van der Waals surface area contributed by atoms with E-state index in [2.05, 4.69) is 0 Å². The fraction of sp³-hybridized carbons (Fsp3) is 1.00. The number of aliphatic hydroxyl groups excluding tert-OH is 4. The Bertz CT molecular complexity index is 332. The van der Waals surface area contributed by atoms with Gasteiger partial charge in [0, 0.05) is 0 Å². The molecule has 0 saturated carbocycles. The van der Waals surface area contributed by atoms with Crippen molar-refractivity contribution >= 4 is 10.0 Å². The maximum Gasteiger partial charge on any atom is 0.209 e. The molecule has 0 aliphatic carbocycles. The lowest BCUT2D eigenvalue weighted by atomic mass is 9.98. The fourth-order valence-corrected chi connectivity index (χ4v) is 2.22. The predicted molar refractivity (Wildman–Crippen MR) is 51.7 cm³/mol. The van der Waals surface area contributed by atoms with Gasteiger partial charge in [0.25, 0.3) is 0 Å². The molecule has 0 aromatic carbocycles. The molecule has 0 amide bonds. The first-order chi connectivity index (χ1) is 7.26. The maximum absolute atomic E-state index is 10.9. The average molecular weight is 257 g/mol. The number of ether oxygens (including phenoxy) is 1. The lowest BCUT2D eigenvalue weighted by molar-refractivity contribution is -0.251. The minimum atomic E-state index is -3.66. The van der Waals surface area contributed by atoms with Crippen molar-refractivity contribution in [2.75, 3.05) is 12.9 Å². The van der Waals surface area contributed by atoms with Gasteiger partial charge in [0.1, 0.15) is 24.4 Å². The standard InChI is InChI=1S/C7H15NO7S/c1-16(13,14)8-4-6(11)5(10)3(2-9)15-7(4)12/h3-12H,2H2,1H3/t3-,4-,5-,6-,7?/m1/s1. The number of hydrogen-bond acceptors (Lipinski definition) is 7. The van der Waals surface area contributed by atoms with Gasteiger partial charge in [-0.25, -0.2) is 13.1 Å². The Kier molecular flexibility index (Phi) is 4.23. The van der Waals surface area contributed by atoms with E-state index >= 15 is 0 Å². The summed E-state index contributed by atoms with van der Waals surface area (Å²) >= 11 is 0. The van der Waals surface area contributed by atoms with E-state index in [1.54, 1.807) is 0 Å². The molecule has 1 fully saturated rings. The third kappa shape index (κ3) is 3.10. The molecular weight excluding hydrogens is 242 g/mol. The molecule has 1 heterocycles. The number of nitrogens with one attached hydrogen (secondary N) is 1. The van der Waals surface area contributed by atoms with Gasteiger partial charge in [-0.05, 0) is 0 Å². The summed E-state index contributed by atoms with van der Waals surface area (Å²) in [6, 6.07) is -1.37. The van der Waals surface area contributed by atoms with Crippen LogP contribution in [0.25, 0.3) is 0 Å². The summed E-state index contributed by atoms with van der Waals surface area (Å²) in [5, 5.41) is 37.1. The van der Waals surface area contributed by atoms with Crippen molar-refractivity contribution in [2.24, 2.45) is 0 Å². The van der Waals surface area contributed by atoms with E-state index in [4.69, 9.17) is 9.84 Å². The maximum atomic E-state index is 10.9. The summed E-state index contributed by atoms with van der Waals surface area (Å²) in [5.41, 5.74) is 0. The second-order valence-electron chi connectivity index (χ2n) is 3.64. The lowest BCUT2D eigenvalue weighted by Gasteiger charge is -2.39. The highest BCUT2D eigenvalue weighted by molar-refractivity contribution is 7.88. The predicted octanol–water partition coefficient (Wildman–Crippen LogP) is -3.66. The Morgan fingerprint density at radius 2 is 1.81 bits per heavy atom. The molecule has 5 atom stereocenters. The van der Waals surface area contributed by atoms with Crippen LogP contribution in [-0.2, 0) is 14.8 Å². The Balaban J connectivity index is 2.80. The van der Waals surface area contributed by atoms with Gasteiger partial charge in [0.15, 0.2) is 6.29 Å². The van der Waals surface area contributed by atoms with E-state index in [0.29, 0.717) is 0 Å². The van der Waals surface area contributed by atoms with Gasteiger partial charge in [-0.1, -0.05) is 0 Å². The minimum absolute atomic E-state index is 0.596. The van der Waals surface area contributed by atoms with Gasteiger partial charge in [0.2, 0.25) is 10.0 Å². The first-order valence-electron chi connectivity index (χ1n) is 4.54. The van der Waals surface area contributed by atoms with Crippen molar-refractivity contribution in [1.82, 2.24) is 4.72 Å². The molecule has 1 saturated heterocycles. The van der Waals surface area contributed by atoms with Crippen molar-refractivity contribution in [3.63, 3.8) is 0 Å². The molecule has 9 heteroatoms. The summed E-state index contributed by atoms with van der Waals surface area (Å²) in [5.74, 6) is 0. The molecular formula is C7H15NO7S. The van der Waals surface area contributed by atoms with Gasteiger partial charge in [-0.15, -0.1) is 0 Å². The van der Waals surface area contributed by atoms with Crippen molar-refractivity contribution in [3.05, 3.63) is 0 Å². The van der Waals surface area contributed by atoms with Crippen molar-refractivity contribution in [2.45, 2.75) is 30.6 Å². The fourth-order valence-electron chi connectivity index (χ4n) is 1.47. The van der Waals surface area contributed by atoms with E-state index in [9.17, 15) is 23.7 Å². The van der Waals surface area contributed by atoms with Crippen LogP contribution in [0.15, 0.2) is 0 Å². The second-order valence-corrected chi connectivity index (χ2v) is 5.42. The number of rotatable bonds is 3. The molecule has 96 valence electrons. The van der Waals surface area contributed by atoms with E-state index in [1.165, 1.54) is 0 Å². The first-order valence-corrected chi connectivity index (χ1v) is 6.43. The van der Waals surface area contributed by atoms with Crippen LogP contribution in [0.1, 0.15) is 0 Å². The smallest absolute Gasteiger partial charge is 0.209 e. The van der Waals surface area contributed by atoms with Crippen molar-refractivity contribution in [3.8, 4) is 0 Å². The van der Waals surface area contributed by atoms with Crippen molar-refractivity contribution in [1.29, 1.82) is 0 Å². The number of hydrogen-bond donors (Lipinski definition) is 5. The van der Waals surface area contributed by atoms with Crippen LogP contribution in [0.2, 0.25) is 0 Å². The van der Waals surface area contributed by atoms with Crippen LogP contribution < -0.4 is 4.72 Å². The van der Waals surface area contributed by atoms with E-state index in [1.807, 2.05) is 4.72 Å². The molecule has 5 N–H and O–H groups in total. The normalized spacial score (nSPS) is 40.9. The Morgan fingerprint density at radius 1 is 1.25 bits per heavy atom. The van der Waals surface area contributed by atoms with Gasteiger partial charge < -0.3 is 25.2 Å². The zero-order valence-electron chi connectivity index (χ0n) is 8.52. The monoisotopic (exact) mass is 257 g/mol. The van der Waals surface area contributed by atoms with E-state index in [-0.39, 0.29) is 0 Å². The molecule has 16 heavy (non-hydrogen) atoms. The molecule has 1 unspecified atom stereocenters. The van der Waals surface area contributed by atoms with Crippen LogP contribution >= 0.6 is 0 Å². The molecule has 1 rings (SSSR count). The molecule has 0 aromatic heterocycles. The topological polar surface area (TPSA) is 136 Å². The van der Waals surface area contributed by atoms with Gasteiger partial charge >= 0.3 is 0 Å². The van der Waals surface area contributed by atoms with Crippen LogP contribution in [0.3, 0.4) is 0 Å². The second kappa shape index (κ2) is 4.92. The van der Waals surface area contributed by atoms with E-state index < -0.39 is 47.3 Å². The third-order valence-corrected chi connectivity index (χ3v) is 2.95. The SMILES string of the molecule is CS(=O)(=O)N[C@H]1C(O)O[C@H](CO)[C@@H](O)[C@@H]1O. The first kappa shape index (κ1) is 13.8. The van der Waals surface area contributed by atoms with Gasteiger partial charge in [0.05, 0.1) is 12.9 Å². The molecule has 0 radical (unpaired) electrons.